The molecule has 4 nitrogen and oxygen atoms in total. The standard InChI is InChI=1S/C20H20N2O2/c1-12-4-6-15-10-17(20(24)22-18(15)8-12)11-21-19(23)16-7-5-13(2)14(3)9-16/h4-10H,11H2,1-3H3,(H,21,23)(H,22,24). The molecule has 0 aliphatic rings. The largest absolute Gasteiger partial charge is 0.348 e. The van der Waals surface area contributed by atoms with Crippen molar-refractivity contribution in [3.63, 3.8) is 0 Å². The topological polar surface area (TPSA) is 62.0 Å². The molecule has 1 aromatic heterocycles. The Balaban J connectivity index is 1.81. The highest BCUT2D eigenvalue weighted by Gasteiger charge is 2.09. The normalized spacial score (nSPS) is 10.8. The summed E-state index contributed by atoms with van der Waals surface area (Å²) in [6, 6.07) is 13.3. The number of benzene rings is 2. The van der Waals surface area contributed by atoms with Crippen molar-refractivity contribution in [2.45, 2.75) is 27.3 Å². The number of hydrogen-bond acceptors (Lipinski definition) is 2. The zero-order chi connectivity index (χ0) is 17.3. The van der Waals surface area contributed by atoms with Crippen LogP contribution in [-0.4, -0.2) is 10.9 Å². The van der Waals surface area contributed by atoms with Crippen LogP contribution < -0.4 is 10.9 Å². The number of pyridine rings is 1. The fourth-order valence-electron chi connectivity index (χ4n) is 2.65. The number of carbonyl (C=O) groups excluding carboxylic acids is 1. The van der Waals surface area contributed by atoms with E-state index in [1.807, 2.05) is 57.2 Å². The Bertz CT molecular complexity index is 987. The van der Waals surface area contributed by atoms with Crippen molar-refractivity contribution in [3.8, 4) is 0 Å². The molecule has 24 heavy (non-hydrogen) atoms. The van der Waals surface area contributed by atoms with Crippen LogP contribution in [0.2, 0.25) is 0 Å². The first-order valence-electron chi connectivity index (χ1n) is 7.92. The van der Waals surface area contributed by atoms with Gasteiger partial charge in [0.05, 0.1) is 0 Å². The summed E-state index contributed by atoms with van der Waals surface area (Å²) >= 11 is 0. The molecular formula is C20H20N2O2. The number of aryl methyl sites for hydroxylation is 3. The van der Waals surface area contributed by atoms with Gasteiger partial charge in [-0.05, 0) is 67.1 Å². The average Bonchev–Trinajstić information content (AvgIpc) is 2.55. The molecule has 0 unspecified atom stereocenters. The van der Waals surface area contributed by atoms with Gasteiger partial charge in [-0.1, -0.05) is 18.2 Å². The van der Waals surface area contributed by atoms with Gasteiger partial charge in [-0.25, -0.2) is 0 Å². The fraction of sp³-hybridized carbons (Fsp3) is 0.200. The first-order chi connectivity index (χ1) is 11.4. The van der Waals surface area contributed by atoms with Crippen molar-refractivity contribution >= 4 is 16.8 Å². The number of H-pyrrole nitrogens is 1. The highest BCUT2D eigenvalue weighted by Crippen LogP contribution is 2.13. The van der Waals surface area contributed by atoms with Crippen molar-refractivity contribution in [2.24, 2.45) is 0 Å². The first kappa shape index (κ1) is 16.0. The monoisotopic (exact) mass is 320 g/mol. The van der Waals surface area contributed by atoms with E-state index in [1.165, 1.54) is 0 Å². The summed E-state index contributed by atoms with van der Waals surface area (Å²) in [6.07, 6.45) is 0. The number of amides is 1. The van der Waals surface area contributed by atoms with E-state index in [-0.39, 0.29) is 18.0 Å². The lowest BCUT2D eigenvalue weighted by molar-refractivity contribution is 0.0950. The van der Waals surface area contributed by atoms with Gasteiger partial charge >= 0.3 is 0 Å². The number of rotatable bonds is 3. The summed E-state index contributed by atoms with van der Waals surface area (Å²) in [6.45, 7) is 6.16. The number of aromatic nitrogens is 1. The molecule has 4 heteroatoms. The van der Waals surface area contributed by atoms with Crippen molar-refractivity contribution in [3.05, 3.63) is 80.6 Å². The van der Waals surface area contributed by atoms with Gasteiger partial charge in [0.15, 0.2) is 0 Å². The SMILES string of the molecule is Cc1ccc2cc(CNC(=O)c3ccc(C)c(C)c3)c(=O)[nH]c2c1. The predicted molar refractivity (Wildman–Crippen MR) is 96.4 cm³/mol. The Hall–Kier alpha value is -2.88. The molecule has 2 N–H and O–H groups in total. The zero-order valence-corrected chi connectivity index (χ0v) is 14.1. The first-order valence-corrected chi connectivity index (χ1v) is 7.92. The average molecular weight is 320 g/mol. The Morgan fingerprint density at radius 2 is 1.79 bits per heavy atom. The molecule has 2 aromatic carbocycles. The van der Waals surface area contributed by atoms with E-state index in [0.29, 0.717) is 11.1 Å². The Morgan fingerprint density at radius 3 is 2.54 bits per heavy atom. The van der Waals surface area contributed by atoms with Crippen molar-refractivity contribution in [1.29, 1.82) is 0 Å². The summed E-state index contributed by atoms with van der Waals surface area (Å²) < 4.78 is 0. The van der Waals surface area contributed by atoms with Crippen LogP contribution in [0.5, 0.6) is 0 Å². The predicted octanol–water partition coefficient (Wildman–Crippen LogP) is 3.38. The highest BCUT2D eigenvalue weighted by molar-refractivity contribution is 5.94. The number of fused-ring (bicyclic) bond motifs is 1. The molecule has 1 amide bonds. The van der Waals surface area contributed by atoms with E-state index in [4.69, 9.17) is 0 Å². The quantitative estimate of drug-likeness (QED) is 0.777. The molecule has 3 aromatic rings. The minimum absolute atomic E-state index is 0.173. The van der Waals surface area contributed by atoms with Crippen LogP contribution in [0.25, 0.3) is 10.9 Å². The van der Waals surface area contributed by atoms with E-state index < -0.39 is 0 Å². The van der Waals surface area contributed by atoms with Crippen LogP contribution >= 0.6 is 0 Å². The maximum atomic E-state index is 12.3. The fourth-order valence-corrected chi connectivity index (χ4v) is 2.65. The van der Waals surface area contributed by atoms with Gasteiger partial charge in [0.2, 0.25) is 0 Å². The van der Waals surface area contributed by atoms with Crippen LogP contribution in [0.1, 0.15) is 32.6 Å². The molecule has 0 saturated heterocycles. The molecule has 1 heterocycles. The number of nitrogens with one attached hydrogen (secondary N) is 2. The van der Waals surface area contributed by atoms with Crippen LogP contribution in [0.4, 0.5) is 0 Å². The summed E-state index contributed by atoms with van der Waals surface area (Å²) in [5, 5.41) is 3.77. The third kappa shape index (κ3) is 3.23. The van der Waals surface area contributed by atoms with Gasteiger partial charge in [-0.15, -0.1) is 0 Å². The van der Waals surface area contributed by atoms with Gasteiger partial charge < -0.3 is 10.3 Å². The van der Waals surface area contributed by atoms with Crippen LogP contribution in [-0.2, 0) is 6.54 Å². The molecule has 0 aliphatic carbocycles. The van der Waals surface area contributed by atoms with Gasteiger partial charge in [0.25, 0.3) is 11.5 Å². The number of aromatic amines is 1. The molecule has 0 aliphatic heterocycles. The summed E-state index contributed by atoms with van der Waals surface area (Å²) in [5.74, 6) is -0.179. The van der Waals surface area contributed by atoms with E-state index in [2.05, 4.69) is 10.3 Å². The molecule has 0 radical (unpaired) electrons. The van der Waals surface area contributed by atoms with Crippen LogP contribution in [0, 0.1) is 20.8 Å². The Kier molecular flexibility index (Phi) is 4.21. The van der Waals surface area contributed by atoms with E-state index in [0.717, 1.165) is 27.6 Å². The second-order valence-corrected chi connectivity index (χ2v) is 6.20. The van der Waals surface area contributed by atoms with Crippen molar-refractivity contribution in [2.75, 3.05) is 0 Å². The maximum Gasteiger partial charge on any atom is 0.253 e. The van der Waals surface area contributed by atoms with Crippen molar-refractivity contribution in [1.82, 2.24) is 10.3 Å². The second kappa shape index (κ2) is 6.32. The second-order valence-electron chi connectivity index (χ2n) is 6.20. The lowest BCUT2D eigenvalue weighted by Gasteiger charge is -2.08. The molecule has 0 atom stereocenters. The summed E-state index contributed by atoms with van der Waals surface area (Å²) in [7, 11) is 0. The Labute approximate surface area is 140 Å². The van der Waals surface area contributed by atoms with Gasteiger partial charge in [0.1, 0.15) is 0 Å². The molecule has 122 valence electrons. The molecular weight excluding hydrogens is 300 g/mol. The number of carbonyl (C=O) groups is 1. The Morgan fingerprint density at radius 1 is 1.00 bits per heavy atom. The molecule has 0 bridgehead atoms. The van der Waals surface area contributed by atoms with E-state index in [1.54, 1.807) is 6.07 Å². The van der Waals surface area contributed by atoms with E-state index in [9.17, 15) is 9.59 Å². The van der Waals surface area contributed by atoms with Crippen LogP contribution in [0.15, 0.2) is 47.3 Å². The molecule has 0 saturated carbocycles. The van der Waals surface area contributed by atoms with Gasteiger partial charge in [0, 0.05) is 23.2 Å². The van der Waals surface area contributed by atoms with Gasteiger partial charge in [-0.3, -0.25) is 9.59 Å². The molecule has 0 fully saturated rings. The smallest absolute Gasteiger partial charge is 0.253 e. The maximum absolute atomic E-state index is 12.3. The van der Waals surface area contributed by atoms with Crippen LogP contribution in [0.3, 0.4) is 0 Å². The van der Waals surface area contributed by atoms with E-state index >= 15 is 0 Å². The lowest BCUT2D eigenvalue weighted by atomic mass is 10.1. The summed E-state index contributed by atoms with van der Waals surface area (Å²) in [4.78, 5) is 27.3. The number of hydrogen-bond donors (Lipinski definition) is 2. The minimum Gasteiger partial charge on any atom is -0.348 e. The summed E-state index contributed by atoms with van der Waals surface area (Å²) in [5.41, 5.74) is 5.09. The zero-order valence-electron chi connectivity index (χ0n) is 14.1. The lowest BCUT2D eigenvalue weighted by Crippen LogP contribution is -2.26. The molecule has 3 rings (SSSR count). The third-order valence-corrected chi connectivity index (χ3v) is 4.29. The molecule has 0 spiro atoms. The van der Waals surface area contributed by atoms with Gasteiger partial charge in [-0.2, -0.15) is 0 Å². The van der Waals surface area contributed by atoms with Crippen molar-refractivity contribution < 1.29 is 4.79 Å². The highest BCUT2D eigenvalue weighted by atomic mass is 16.1. The minimum atomic E-state index is -0.179. The third-order valence-electron chi connectivity index (χ3n) is 4.29.